The molecule has 1 aromatic carbocycles. The molecule has 0 bridgehead atoms. The Hall–Kier alpha value is -2.63. The zero-order chi connectivity index (χ0) is 14.4. The molecule has 1 aromatic heterocycles. The van der Waals surface area contributed by atoms with Crippen molar-refractivity contribution in [2.45, 2.75) is 6.54 Å². The topological polar surface area (TPSA) is 60.1 Å². The summed E-state index contributed by atoms with van der Waals surface area (Å²) < 4.78 is 17.6. The van der Waals surface area contributed by atoms with E-state index in [1.807, 2.05) is 6.07 Å². The number of hydrogen-bond acceptors (Lipinski definition) is 4. The summed E-state index contributed by atoms with van der Waals surface area (Å²) in [5.74, 6) is -0.972. The minimum atomic E-state index is -1.21. The van der Waals surface area contributed by atoms with Crippen molar-refractivity contribution in [1.82, 2.24) is 4.98 Å². The lowest BCUT2D eigenvalue weighted by Gasteiger charge is -2.00. The molecule has 0 unspecified atom stereocenters. The summed E-state index contributed by atoms with van der Waals surface area (Å²) in [6.07, 6.45) is 4.25. The highest BCUT2D eigenvalue weighted by Gasteiger charge is 2.16. The summed E-state index contributed by atoms with van der Waals surface area (Å²) in [7, 11) is 0. The first-order chi connectivity index (χ1) is 9.70. The van der Waals surface area contributed by atoms with Crippen molar-refractivity contribution >= 4 is 11.8 Å². The molecular weight excluding hydrogens is 263 g/mol. The number of halogens is 1. The van der Waals surface area contributed by atoms with Gasteiger partial charge in [0.05, 0.1) is 6.20 Å². The number of Topliss-reactive ketones (excluding diaryl/α,β-unsaturated/α-hetero) is 1. The fourth-order valence-corrected chi connectivity index (χ4v) is 1.64. The van der Waals surface area contributed by atoms with Gasteiger partial charge in [0.15, 0.2) is 6.20 Å². The Morgan fingerprint density at radius 2 is 2.00 bits per heavy atom. The van der Waals surface area contributed by atoms with Crippen LogP contribution in [0, 0.1) is 0 Å². The highest BCUT2D eigenvalue weighted by molar-refractivity contribution is 5.95. The molecule has 5 nitrogen and oxygen atoms in total. The fraction of sp³-hybridized carbons (Fsp3) is 0.143. The molecule has 0 aliphatic rings. The van der Waals surface area contributed by atoms with Gasteiger partial charge in [0.25, 0.3) is 0 Å². The lowest BCUT2D eigenvalue weighted by molar-refractivity contribution is -0.683. The molecule has 2 rings (SSSR count). The van der Waals surface area contributed by atoms with Crippen LogP contribution in [-0.4, -0.2) is 23.6 Å². The largest absolute Gasteiger partial charge is 0.429 e. The maximum absolute atomic E-state index is 12.0. The summed E-state index contributed by atoms with van der Waals surface area (Å²) in [5.41, 5.74) is 0.524. The first-order valence-corrected chi connectivity index (χ1v) is 5.87. The van der Waals surface area contributed by atoms with E-state index in [9.17, 15) is 14.0 Å². The molecule has 102 valence electrons. The molecule has 6 heteroatoms. The predicted octanol–water partition coefficient (Wildman–Crippen LogP) is 1.34. The monoisotopic (exact) mass is 275 g/mol. The van der Waals surface area contributed by atoms with E-state index in [0.29, 0.717) is 5.56 Å². The van der Waals surface area contributed by atoms with E-state index in [4.69, 9.17) is 0 Å². The number of esters is 1. The van der Waals surface area contributed by atoms with E-state index in [1.165, 1.54) is 17.0 Å². The summed E-state index contributed by atoms with van der Waals surface area (Å²) in [6.45, 7) is -1.15. The van der Waals surface area contributed by atoms with Crippen molar-refractivity contribution in [3.63, 3.8) is 0 Å². The van der Waals surface area contributed by atoms with E-state index in [2.05, 4.69) is 9.72 Å². The third-order valence-electron chi connectivity index (χ3n) is 2.58. The molecule has 2 aromatic rings. The normalized spacial score (nSPS) is 10.1. The quantitative estimate of drug-likeness (QED) is 0.469. The highest BCUT2D eigenvalue weighted by Crippen LogP contribution is 2.00. The van der Waals surface area contributed by atoms with Gasteiger partial charge >= 0.3 is 5.97 Å². The Kier molecular flexibility index (Phi) is 4.49. The van der Waals surface area contributed by atoms with E-state index in [-0.39, 0.29) is 18.0 Å². The average molecular weight is 275 g/mol. The third-order valence-corrected chi connectivity index (χ3v) is 2.58. The van der Waals surface area contributed by atoms with E-state index < -0.39 is 12.8 Å². The zero-order valence-electron chi connectivity index (χ0n) is 10.5. The molecule has 0 spiro atoms. The van der Waals surface area contributed by atoms with Crippen molar-refractivity contribution in [1.29, 1.82) is 0 Å². The van der Waals surface area contributed by atoms with Gasteiger partial charge in [-0.15, -0.1) is 0 Å². The van der Waals surface area contributed by atoms with Gasteiger partial charge in [-0.2, -0.15) is 4.57 Å². The van der Waals surface area contributed by atoms with E-state index >= 15 is 0 Å². The SMILES string of the molecule is O=C(C[n+]1ccnc(C(=O)OCF)c1)c1ccccc1. The first-order valence-electron chi connectivity index (χ1n) is 5.87. The van der Waals surface area contributed by atoms with Crippen LogP contribution in [0.25, 0.3) is 0 Å². The minimum absolute atomic E-state index is 0.0500. The van der Waals surface area contributed by atoms with Crippen molar-refractivity contribution < 1.29 is 23.3 Å². The van der Waals surface area contributed by atoms with Crippen LogP contribution >= 0.6 is 0 Å². The predicted molar refractivity (Wildman–Crippen MR) is 66.6 cm³/mol. The number of carbonyl (C=O) groups is 2. The molecule has 0 amide bonds. The molecule has 0 saturated carbocycles. The number of benzene rings is 1. The van der Waals surface area contributed by atoms with Crippen LogP contribution in [0.2, 0.25) is 0 Å². The number of alkyl halides is 1. The van der Waals surface area contributed by atoms with Gasteiger partial charge in [-0.1, -0.05) is 30.3 Å². The van der Waals surface area contributed by atoms with Crippen molar-refractivity contribution in [3.05, 3.63) is 60.2 Å². The molecule has 20 heavy (non-hydrogen) atoms. The Labute approximate surface area is 114 Å². The molecule has 0 radical (unpaired) electrons. The van der Waals surface area contributed by atoms with Gasteiger partial charge in [0.1, 0.15) is 0 Å². The first kappa shape index (κ1) is 13.8. The Bertz CT molecular complexity index is 617. The highest BCUT2D eigenvalue weighted by atomic mass is 19.1. The number of rotatable bonds is 5. The molecule has 0 N–H and O–H groups in total. The summed E-state index contributed by atoms with van der Waals surface area (Å²) in [6, 6.07) is 8.79. The Balaban J connectivity index is 2.12. The third kappa shape index (κ3) is 3.44. The lowest BCUT2D eigenvalue weighted by Crippen LogP contribution is -2.38. The van der Waals surface area contributed by atoms with Crippen LogP contribution in [0.1, 0.15) is 20.8 Å². The van der Waals surface area contributed by atoms with Crippen molar-refractivity contribution in [3.8, 4) is 0 Å². The zero-order valence-corrected chi connectivity index (χ0v) is 10.5. The molecule has 0 aliphatic heterocycles. The number of hydrogen-bond donors (Lipinski definition) is 0. The molecule has 0 saturated heterocycles. The van der Waals surface area contributed by atoms with Gasteiger partial charge < -0.3 is 4.74 Å². The summed E-state index contributed by atoms with van der Waals surface area (Å²) >= 11 is 0. The number of carbonyl (C=O) groups excluding carboxylic acids is 2. The number of aromatic nitrogens is 2. The molecule has 0 atom stereocenters. The van der Waals surface area contributed by atoms with E-state index in [0.717, 1.165) is 0 Å². The molecule has 0 aliphatic carbocycles. The van der Waals surface area contributed by atoms with Crippen molar-refractivity contribution in [2.75, 3.05) is 6.86 Å². The van der Waals surface area contributed by atoms with Crippen LogP contribution < -0.4 is 4.57 Å². The average Bonchev–Trinajstić information content (AvgIpc) is 2.48. The molecule has 1 heterocycles. The van der Waals surface area contributed by atoms with Gasteiger partial charge in [-0.3, -0.25) is 4.79 Å². The molecule has 0 fully saturated rings. The van der Waals surface area contributed by atoms with Crippen LogP contribution in [0.5, 0.6) is 0 Å². The van der Waals surface area contributed by atoms with Gasteiger partial charge in [-0.25, -0.2) is 14.2 Å². The second kappa shape index (κ2) is 6.51. The smallest absolute Gasteiger partial charge is 0.365 e. The summed E-state index contributed by atoms with van der Waals surface area (Å²) in [4.78, 5) is 27.1. The second-order valence-corrected chi connectivity index (χ2v) is 3.94. The van der Waals surface area contributed by atoms with E-state index in [1.54, 1.807) is 30.5 Å². The van der Waals surface area contributed by atoms with Crippen LogP contribution in [0.4, 0.5) is 4.39 Å². The van der Waals surface area contributed by atoms with Crippen LogP contribution in [0.3, 0.4) is 0 Å². The Morgan fingerprint density at radius 1 is 1.25 bits per heavy atom. The minimum Gasteiger partial charge on any atom is -0.429 e. The maximum Gasteiger partial charge on any atom is 0.365 e. The van der Waals surface area contributed by atoms with Crippen LogP contribution in [-0.2, 0) is 11.3 Å². The van der Waals surface area contributed by atoms with Gasteiger partial charge in [-0.05, 0) is 0 Å². The van der Waals surface area contributed by atoms with Gasteiger partial charge in [0, 0.05) is 5.56 Å². The van der Waals surface area contributed by atoms with Crippen molar-refractivity contribution in [2.24, 2.45) is 0 Å². The second-order valence-electron chi connectivity index (χ2n) is 3.94. The maximum atomic E-state index is 12.0. The number of ketones is 1. The number of ether oxygens (including phenoxy) is 1. The molecular formula is C14H12FN2O3+. The summed E-state index contributed by atoms with van der Waals surface area (Å²) in [5, 5.41) is 0. The lowest BCUT2D eigenvalue weighted by atomic mass is 10.1. The standard InChI is InChI=1S/C14H12FN2O3/c15-10-20-14(19)12-8-17(7-6-16-12)9-13(18)11-4-2-1-3-5-11/h1-8H,9-10H2/q+1. The number of nitrogens with zero attached hydrogens (tertiary/aromatic N) is 2. The van der Waals surface area contributed by atoms with Crippen LogP contribution in [0.15, 0.2) is 48.9 Å². The fourth-order valence-electron chi connectivity index (χ4n) is 1.64. The Morgan fingerprint density at radius 3 is 2.70 bits per heavy atom. The van der Waals surface area contributed by atoms with Gasteiger partial charge in [0.2, 0.25) is 31.1 Å².